The summed E-state index contributed by atoms with van der Waals surface area (Å²) in [4.78, 5) is 29.7. The third kappa shape index (κ3) is 4.39. The number of carbonyl (C=O) groups is 2. The zero-order chi connectivity index (χ0) is 19.3. The molecule has 0 aromatic heterocycles. The van der Waals surface area contributed by atoms with Crippen molar-refractivity contribution in [1.82, 2.24) is 15.1 Å². The molecule has 146 valence electrons. The van der Waals surface area contributed by atoms with E-state index in [-0.39, 0.29) is 23.9 Å². The zero-order valence-electron chi connectivity index (χ0n) is 15.8. The van der Waals surface area contributed by atoms with Crippen molar-refractivity contribution < 1.29 is 9.59 Å². The Morgan fingerprint density at radius 2 is 1.75 bits per heavy atom. The summed E-state index contributed by atoms with van der Waals surface area (Å²) >= 11 is 1.64. The first-order valence-electron chi connectivity index (χ1n) is 9.71. The SMILES string of the molecule is O=C(N[C@H]1CCN(Cc2ccccc2)C1)[C@H]1CSCN1C(=O)c1ccccc1. The molecule has 0 radical (unpaired) electrons. The van der Waals surface area contributed by atoms with E-state index < -0.39 is 0 Å². The van der Waals surface area contributed by atoms with Crippen LogP contribution in [-0.2, 0) is 11.3 Å². The van der Waals surface area contributed by atoms with Crippen molar-refractivity contribution in [3.8, 4) is 0 Å². The maximum Gasteiger partial charge on any atom is 0.255 e. The van der Waals surface area contributed by atoms with E-state index in [4.69, 9.17) is 0 Å². The van der Waals surface area contributed by atoms with Crippen LogP contribution in [0.4, 0.5) is 0 Å². The molecule has 2 heterocycles. The molecule has 0 saturated carbocycles. The molecule has 2 saturated heterocycles. The van der Waals surface area contributed by atoms with Gasteiger partial charge in [0, 0.05) is 37.0 Å². The van der Waals surface area contributed by atoms with Gasteiger partial charge >= 0.3 is 0 Å². The number of hydrogen-bond acceptors (Lipinski definition) is 4. The van der Waals surface area contributed by atoms with Gasteiger partial charge in [-0.2, -0.15) is 0 Å². The molecule has 2 fully saturated rings. The summed E-state index contributed by atoms with van der Waals surface area (Å²) in [6.07, 6.45) is 0.949. The highest BCUT2D eigenvalue weighted by Gasteiger charge is 2.36. The Labute approximate surface area is 170 Å². The second-order valence-electron chi connectivity index (χ2n) is 7.37. The molecule has 0 unspecified atom stereocenters. The van der Waals surface area contributed by atoms with Crippen LogP contribution in [0, 0.1) is 0 Å². The summed E-state index contributed by atoms with van der Waals surface area (Å²) in [5, 5.41) is 3.19. The van der Waals surface area contributed by atoms with E-state index in [1.807, 2.05) is 24.3 Å². The summed E-state index contributed by atoms with van der Waals surface area (Å²) in [7, 11) is 0. The molecule has 2 atom stereocenters. The largest absolute Gasteiger partial charge is 0.350 e. The number of likely N-dealkylation sites (tertiary alicyclic amines) is 1. The van der Waals surface area contributed by atoms with E-state index in [2.05, 4.69) is 34.5 Å². The van der Waals surface area contributed by atoms with Crippen molar-refractivity contribution in [1.29, 1.82) is 0 Å². The van der Waals surface area contributed by atoms with Gasteiger partial charge in [-0.1, -0.05) is 48.5 Å². The number of rotatable bonds is 5. The van der Waals surface area contributed by atoms with Gasteiger partial charge in [0.1, 0.15) is 6.04 Å². The lowest BCUT2D eigenvalue weighted by atomic mass is 10.1. The second kappa shape index (κ2) is 8.80. The summed E-state index contributed by atoms with van der Waals surface area (Å²) in [6, 6.07) is 19.4. The van der Waals surface area contributed by atoms with Crippen molar-refractivity contribution in [3.05, 3.63) is 71.8 Å². The van der Waals surface area contributed by atoms with Crippen molar-refractivity contribution in [2.75, 3.05) is 24.7 Å². The molecule has 1 N–H and O–H groups in total. The van der Waals surface area contributed by atoms with Gasteiger partial charge in [-0.05, 0) is 24.1 Å². The fourth-order valence-corrected chi connectivity index (χ4v) is 4.99. The number of nitrogens with zero attached hydrogens (tertiary/aromatic N) is 2. The first-order valence-corrected chi connectivity index (χ1v) is 10.9. The van der Waals surface area contributed by atoms with Crippen LogP contribution in [0.25, 0.3) is 0 Å². The highest BCUT2D eigenvalue weighted by atomic mass is 32.2. The van der Waals surface area contributed by atoms with E-state index in [1.165, 1.54) is 5.56 Å². The molecule has 2 aliphatic rings. The Balaban J connectivity index is 1.32. The summed E-state index contributed by atoms with van der Waals surface area (Å²) < 4.78 is 0. The number of amides is 2. The molecule has 4 rings (SSSR count). The lowest BCUT2D eigenvalue weighted by molar-refractivity contribution is -0.125. The van der Waals surface area contributed by atoms with Crippen molar-refractivity contribution in [2.45, 2.75) is 25.0 Å². The monoisotopic (exact) mass is 395 g/mol. The quantitative estimate of drug-likeness (QED) is 0.846. The van der Waals surface area contributed by atoms with Crippen molar-refractivity contribution >= 4 is 23.6 Å². The topological polar surface area (TPSA) is 52.7 Å². The fourth-order valence-electron chi connectivity index (χ4n) is 3.84. The molecule has 2 amide bonds. The molecular formula is C22H25N3O2S. The Hall–Kier alpha value is -2.31. The van der Waals surface area contributed by atoms with Gasteiger partial charge in [-0.3, -0.25) is 14.5 Å². The van der Waals surface area contributed by atoms with Gasteiger partial charge in [0.2, 0.25) is 5.91 Å². The fraction of sp³-hybridized carbons (Fsp3) is 0.364. The molecule has 6 heteroatoms. The Kier molecular flexibility index (Phi) is 5.98. The van der Waals surface area contributed by atoms with Gasteiger partial charge < -0.3 is 10.2 Å². The smallest absolute Gasteiger partial charge is 0.255 e. The molecule has 0 spiro atoms. The van der Waals surface area contributed by atoms with Crippen LogP contribution in [-0.4, -0.2) is 58.4 Å². The minimum atomic E-state index is -0.388. The van der Waals surface area contributed by atoms with E-state index in [0.717, 1.165) is 26.1 Å². The maximum atomic E-state index is 12.9. The second-order valence-corrected chi connectivity index (χ2v) is 8.37. The average Bonchev–Trinajstić information content (AvgIpc) is 3.38. The Morgan fingerprint density at radius 3 is 2.50 bits per heavy atom. The van der Waals surface area contributed by atoms with Crippen LogP contribution in [0.3, 0.4) is 0 Å². The molecule has 0 bridgehead atoms. The lowest BCUT2D eigenvalue weighted by Crippen LogP contribution is -2.50. The van der Waals surface area contributed by atoms with Crippen LogP contribution < -0.4 is 5.32 Å². The molecule has 0 aliphatic carbocycles. The van der Waals surface area contributed by atoms with E-state index in [1.54, 1.807) is 28.8 Å². The third-order valence-corrected chi connectivity index (χ3v) is 6.35. The van der Waals surface area contributed by atoms with Crippen molar-refractivity contribution in [3.63, 3.8) is 0 Å². The van der Waals surface area contributed by atoms with Crippen LogP contribution in [0.15, 0.2) is 60.7 Å². The molecule has 5 nitrogen and oxygen atoms in total. The summed E-state index contributed by atoms with van der Waals surface area (Å²) in [6.45, 7) is 2.74. The van der Waals surface area contributed by atoms with Crippen LogP contribution in [0.2, 0.25) is 0 Å². The highest BCUT2D eigenvalue weighted by molar-refractivity contribution is 7.99. The van der Waals surface area contributed by atoms with E-state index in [0.29, 0.717) is 17.2 Å². The van der Waals surface area contributed by atoms with Gasteiger partial charge in [0.25, 0.3) is 5.91 Å². The number of benzene rings is 2. The standard InChI is InChI=1S/C22H25N3O2S/c26-21(20-15-28-16-25(20)22(27)18-9-5-2-6-10-18)23-19-11-12-24(14-19)13-17-7-3-1-4-8-17/h1-10,19-20H,11-16H2,(H,23,26)/t19-,20+/m0/s1. The molecular weight excluding hydrogens is 370 g/mol. The minimum Gasteiger partial charge on any atom is -0.350 e. The van der Waals surface area contributed by atoms with Crippen LogP contribution >= 0.6 is 11.8 Å². The zero-order valence-corrected chi connectivity index (χ0v) is 16.6. The Bertz CT molecular complexity index is 815. The molecule has 2 aliphatic heterocycles. The number of carbonyl (C=O) groups excluding carboxylic acids is 2. The molecule has 2 aromatic rings. The number of hydrogen-bond donors (Lipinski definition) is 1. The molecule has 2 aromatic carbocycles. The third-order valence-electron chi connectivity index (χ3n) is 5.33. The first kappa shape index (κ1) is 19.0. The van der Waals surface area contributed by atoms with E-state index in [9.17, 15) is 9.59 Å². The van der Waals surface area contributed by atoms with Crippen LogP contribution in [0.5, 0.6) is 0 Å². The van der Waals surface area contributed by atoms with E-state index >= 15 is 0 Å². The average molecular weight is 396 g/mol. The predicted molar refractivity (Wildman–Crippen MR) is 112 cm³/mol. The van der Waals surface area contributed by atoms with Crippen molar-refractivity contribution in [2.24, 2.45) is 0 Å². The van der Waals surface area contributed by atoms with Crippen LogP contribution in [0.1, 0.15) is 22.3 Å². The lowest BCUT2D eigenvalue weighted by Gasteiger charge is -2.25. The number of nitrogens with one attached hydrogen (secondary N) is 1. The minimum absolute atomic E-state index is 0.0270. The Morgan fingerprint density at radius 1 is 1.04 bits per heavy atom. The van der Waals surface area contributed by atoms with Gasteiger partial charge in [0.05, 0.1) is 5.88 Å². The number of thioether (sulfide) groups is 1. The predicted octanol–water partition coefficient (Wildman–Crippen LogP) is 2.59. The molecule has 28 heavy (non-hydrogen) atoms. The normalized spacial score (nSPS) is 22.4. The van der Waals surface area contributed by atoms with Gasteiger partial charge in [-0.25, -0.2) is 0 Å². The summed E-state index contributed by atoms with van der Waals surface area (Å²) in [5.74, 6) is 1.13. The first-order chi connectivity index (χ1) is 13.7. The maximum absolute atomic E-state index is 12.9. The van der Waals surface area contributed by atoms with Gasteiger partial charge in [0.15, 0.2) is 0 Å². The van der Waals surface area contributed by atoms with Gasteiger partial charge in [-0.15, -0.1) is 11.8 Å². The summed E-state index contributed by atoms with van der Waals surface area (Å²) in [5.41, 5.74) is 1.93. The highest BCUT2D eigenvalue weighted by Crippen LogP contribution is 2.24.